The van der Waals surface area contributed by atoms with Crippen molar-refractivity contribution in [1.82, 2.24) is 5.32 Å². The van der Waals surface area contributed by atoms with E-state index in [1.54, 1.807) is 6.08 Å². The number of rotatable bonds is 5. The molecule has 0 aliphatic heterocycles. The van der Waals surface area contributed by atoms with Crippen molar-refractivity contribution < 1.29 is 9.53 Å². The fourth-order valence-electron chi connectivity index (χ4n) is 2.51. The highest BCUT2D eigenvalue weighted by molar-refractivity contribution is 5.91. The van der Waals surface area contributed by atoms with Crippen LogP contribution in [0.4, 0.5) is 0 Å². The maximum Gasteiger partial charge on any atom is 0.244 e. The summed E-state index contributed by atoms with van der Waals surface area (Å²) in [6, 6.07) is 8.11. The quantitative estimate of drug-likeness (QED) is 0.833. The molecule has 1 N–H and O–H groups in total. The average Bonchev–Trinajstić information content (AvgIpc) is 2.48. The Hall–Kier alpha value is -1.77. The van der Waals surface area contributed by atoms with E-state index in [0.717, 1.165) is 24.2 Å². The van der Waals surface area contributed by atoms with Crippen LogP contribution in [-0.2, 0) is 4.79 Å². The molecule has 0 aromatic heterocycles. The molecule has 1 aliphatic carbocycles. The van der Waals surface area contributed by atoms with Crippen molar-refractivity contribution in [1.29, 1.82) is 0 Å². The second-order valence-corrected chi connectivity index (χ2v) is 5.18. The van der Waals surface area contributed by atoms with Gasteiger partial charge in [0.15, 0.2) is 0 Å². The van der Waals surface area contributed by atoms with Crippen molar-refractivity contribution in [2.24, 2.45) is 0 Å². The van der Waals surface area contributed by atoms with E-state index in [2.05, 4.69) is 5.32 Å². The summed E-state index contributed by atoms with van der Waals surface area (Å²) in [6.45, 7) is 2.63. The van der Waals surface area contributed by atoms with Crippen molar-refractivity contribution in [3.05, 3.63) is 35.9 Å². The zero-order valence-corrected chi connectivity index (χ0v) is 12.1. The van der Waals surface area contributed by atoms with Gasteiger partial charge in [-0.25, -0.2) is 0 Å². The molecule has 1 fully saturated rings. The summed E-state index contributed by atoms with van der Waals surface area (Å²) < 4.78 is 5.38. The van der Waals surface area contributed by atoms with Crippen LogP contribution in [0.25, 0.3) is 6.08 Å². The maximum absolute atomic E-state index is 11.8. The van der Waals surface area contributed by atoms with Gasteiger partial charge in [-0.05, 0) is 43.5 Å². The average molecular weight is 273 g/mol. The molecule has 0 radical (unpaired) electrons. The number of hydrogen-bond acceptors (Lipinski definition) is 2. The first kappa shape index (κ1) is 14.6. The SMILES string of the molecule is CCOc1ccc(/C=C/C(=O)NC2CCCCC2)cc1. The van der Waals surface area contributed by atoms with E-state index in [1.807, 2.05) is 37.3 Å². The van der Waals surface area contributed by atoms with Crippen LogP contribution >= 0.6 is 0 Å². The van der Waals surface area contributed by atoms with Gasteiger partial charge in [-0.15, -0.1) is 0 Å². The lowest BCUT2D eigenvalue weighted by molar-refractivity contribution is -0.117. The molecule has 1 aromatic rings. The monoisotopic (exact) mass is 273 g/mol. The summed E-state index contributed by atoms with van der Waals surface area (Å²) >= 11 is 0. The standard InChI is InChI=1S/C17H23NO2/c1-2-20-16-11-8-14(9-12-16)10-13-17(19)18-15-6-4-3-5-7-15/h8-13,15H,2-7H2,1H3,(H,18,19)/b13-10+. The van der Waals surface area contributed by atoms with E-state index < -0.39 is 0 Å². The van der Waals surface area contributed by atoms with Crippen LogP contribution in [0, 0.1) is 0 Å². The zero-order chi connectivity index (χ0) is 14.2. The molecule has 3 heteroatoms. The van der Waals surface area contributed by atoms with Crippen molar-refractivity contribution in [3.63, 3.8) is 0 Å². The molecular weight excluding hydrogens is 250 g/mol. The van der Waals surface area contributed by atoms with Gasteiger partial charge in [-0.3, -0.25) is 4.79 Å². The number of carbonyl (C=O) groups is 1. The molecule has 2 rings (SSSR count). The number of amides is 1. The molecule has 108 valence electrons. The lowest BCUT2D eigenvalue weighted by Crippen LogP contribution is -2.34. The third-order valence-electron chi connectivity index (χ3n) is 3.57. The Bertz CT molecular complexity index is 445. The predicted molar refractivity (Wildman–Crippen MR) is 81.7 cm³/mol. The Kier molecular flexibility index (Phi) is 5.66. The summed E-state index contributed by atoms with van der Waals surface area (Å²) in [5.41, 5.74) is 1.01. The van der Waals surface area contributed by atoms with Crippen LogP contribution in [0.15, 0.2) is 30.3 Å². The molecule has 0 saturated heterocycles. The van der Waals surface area contributed by atoms with Gasteiger partial charge in [0.05, 0.1) is 6.61 Å². The van der Waals surface area contributed by atoms with Crippen LogP contribution in [0.5, 0.6) is 5.75 Å². The molecule has 0 spiro atoms. The van der Waals surface area contributed by atoms with Crippen molar-refractivity contribution >= 4 is 12.0 Å². The molecule has 1 saturated carbocycles. The van der Waals surface area contributed by atoms with Crippen LogP contribution in [-0.4, -0.2) is 18.6 Å². The summed E-state index contributed by atoms with van der Waals surface area (Å²) in [7, 11) is 0. The molecule has 1 amide bonds. The minimum absolute atomic E-state index is 0.00536. The Balaban J connectivity index is 1.83. The lowest BCUT2D eigenvalue weighted by atomic mass is 9.95. The highest BCUT2D eigenvalue weighted by atomic mass is 16.5. The fourth-order valence-corrected chi connectivity index (χ4v) is 2.51. The van der Waals surface area contributed by atoms with E-state index in [0.29, 0.717) is 12.6 Å². The molecule has 3 nitrogen and oxygen atoms in total. The number of ether oxygens (including phenoxy) is 1. The highest BCUT2D eigenvalue weighted by Crippen LogP contribution is 2.17. The molecular formula is C17H23NO2. The Morgan fingerprint density at radius 2 is 1.95 bits per heavy atom. The van der Waals surface area contributed by atoms with E-state index in [9.17, 15) is 4.79 Å². The highest BCUT2D eigenvalue weighted by Gasteiger charge is 2.13. The molecule has 0 heterocycles. The maximum atomic E-state index is 11.8. The minimum atomic E-state index is 0.00536. The summed E-state index contributed by atoms with van der Waals surface area (Å²) in [6.07, 6.45) is 9.44. The van der Waals surface area contributed by atoms with Crippen LogP contribution in [0.2, 0.25) is 0 Å². The predicted octanol–water partition coefficient (Wildman–Crippen LogP) is 3.55. The third kappa shape index (κ3) is 4.72. The van der Waals surface area contributed by atoms with Crippen molar-refractivity contribution in [2.45, 2.75) is 45.1 Å². The van der Waals surface area contributed by atoms with Crippen LogP contribution < -0.4 is 10.1 Å². The summed E-state index contributed by atoms with van der Waals surface area (Å²) in [5, 5.41) is 3.07. The van der Waals surface area contributed by atoms with E-state index in [1.165, 1.54) is 19.3 Å². The first-order valence-electron chi connectivity index (χ1n) is 7.49. The molecule has 0 unspecified atom stereocenters. The van der Waals surface area contributed by atoms with Gasteiger partial charge in [0, 0.05) is 12.1 Å². The fraction of sp³-hybridized carbons (Fsp3) is 0.471. The second-order valence-electron chi connectivity index (χ2n) is 5.18. The smallest absolute Gasteiger partial charge is 0.244 e. The lowest BCUT2D eigenvalue weighted by Gasteiger charge is -2.21. The van der Waals surface area contributed by atoms with E-state index >= 15 is 0 Å². The molecule has 0 atom stereocenters. The largest absolute Gasteiger partial charge is 0.494 e. The summed E-state index contributed by atoms with van der Waals surface area (Å²) in [5.74, 6) is 0.863. The van der Waals surface area contributed by atoms with Crippen LogP contribution in [0.3, 0.4) is 0 Å². The van der Waals surface area contributed by atoms with E-state index in [-0.39, 0.29) is 5.91 Å². The van der Waals surface area contributed by atoms with Gasteiger partial charge >= 0.3 is 0 Å². The Labute approximate surface area is 121 Å². The Morgan fingerprint density at radius 3 is 2.60 bits per heavy atom. The van der Waals surface area contributed by atoms with Gasteiger partial charge in [-0.2, -0.15) is 0 Å². The van der Waals surface area contributed by atoms with Gasteiger partial charge < -0.3 is 10.1 Å². The molecule has 20 heavy (non-hydrogen) atoms. The summed E-state index contributed by atoms with van der Waals surface area (Å²) in [4.78, 5) is 11.8. The number of nitrogens with one attached hydrogen (secondary N) is 1. The topological polar surface area (TPSA) is 38.3 Å². The Morgan fingerprint density at radius 1 is 1.25 bits per heavy atom. The first-order chi connectivity index (χ1) is 9.78. The number of benzene rings is 1. The van der Waals surface area contributed by atoms with Gasteiger partial charge in [0.1, 0.15) is 5.75 Å². The minimum Gasteiger partial charge on any atom is -0.494 e. The van der Waals surface area contributed by atoms with Gasteiger partial charge in [0.25, 0.3) is 0 Å². The zero-order valence-electron chi connectivity index (χ0n) is 12.1. The number of hydrogen-bond donors (Lipinski definition) is 1. The van der Waals surface area contributed by atoms with E-state index in [4.69, 9.17) is 4.74 Å². The number of carbonyl (C=O) groups excluding carboxylic acids is 1. The molecule has 1 aromatic carbocycles. The van der Waals surface area contributed by atoms with Gasteiger partial charge in [-0.1, -0.05) is 31.4 Å². The normalized spacial score (nSPS) is 16.2. The molecule has 1 aliphatic rings. The van der Waals surface area contributed by atoms with Crippen molar-refractivity contribution in [3.8, 4) is 5.75 Å². The first-order valence-corrected chi connectivity index (χ1v) is 7.49. The van der Waals surface area contributed by atoms with Gasteiger partial charge in [0.2, 0.25) is 5.91 Å². The second kappa shape index (κ2) is 7.73. The van der Waals surface area contributed by atoms with Crippen molar-refractivity contribution in [2.75, 3.05) is 6.61 Å². The molecule has 0 bridgehead atoms. The van der Waals surface area contributed by atoms with Crippen LogP contribution in [0.1, 0.15) is 44.6 Å². The third-order valence-corrected chi connectivity index (χ3v) is 3.57.